The van der Waals surface area contributed by atoms with Crippen LogP contribution in [0.5, 0.6) is 0 Å². The monoisotopic (exact) mass is 768 g/mol. The molecule has 2 aromatic rings. The molecule has 8 bridgehead atoms. The van der Waals surface area contributed by atoms with Crippen molar-refractivity contribution in [3.8, 4) is 11.1 Å². The van der Waals surface area contributed by atoms with Crippen molar-refractivity contribution in [1.82, 2.24) is 0 Å². The molecule has 0 heterocycles. The third kappa shape index (κ3) is 5.02. The van der Waals surface area contributed by atoms with E-state index in [4.69, 9.17) is 0 Å². The topological polar surface area (TPSA) is 0 Å². The summed E-state index contributed by atoms with van der Waals surface area (Å²) >= 11 is 0. The van der Waals surface area contributed by atoms with Crippen molar-refractivity contribution in [1.29, 1.82) is 0 Å². The van der Waals surface area contributed by atoms with Gasteiger partial charge in [0.05, 0.1) is 0 Å². The Bertz CT molecular complexity index is 1590. The van der Waals surface area contributed by atoms with E-state index in [0.29, 0.717) is 16.7 Å². The minimum atomic E-state index is 0. The molecule has 0 nitrogen and oxygen atoms in total. The van der Waals surface area contributed by atoms with Crippen LogP contribution in [-0.2, 0) is 37.0 Å². The average molecular weight is 771 g/mol. The maximum atomic E-state index is 2.81. The van der Waals surface area contributed by atoms with Crippen LogP contribution in [0.25, 0.3) is 11.1 Å². The summed E-state index contributed by atoms with van der Waals surface area (Å²) in [7, 11) is 0. The Balaban J connectivity index is 0.00000116. The van der Waals surface area contributed by atoms with E-state index in [9.17, 15) is 0 Å². The van der Waals surface area contributed by atoms with E-state index in [-0.39, 0.29) is 61.8 Å². The van der Waals surface area contributed by atoms with Crippen LogP contribution in [0.1, 0.15) is 152 Å². The van der Waals surface area contributed by atoms with Gasteiger partial charge in [0.25, 0.3) is 0 Å². The van der Waals surface area contributed by atoms with Gasteiger partial charge >= 0.3 is 26.2 Å². The quantitative estimate of drug-likeness (QED) is 0.349. The number of allylic oxidation sites excluding steroid dienone is 4. The molecule has 0 saturated heterocycles. The first kappa shape index (κ1) is 35.4. The Labute approximate surface area is 328 Å². The largest absolute Gasteiger partial charge is 2.00 e. The van der Waals surface area contributed by atoms with Crippen LogP contribution in [-0.4, -0.2) is 0 Å². The van der Waals surface area contributed by atoms with Crippen molar-refractivity contribution >= 4 is 0 Å². The number of halogens is 2. The molecule has 2 aromatic carbocycles. The fourth-order valence-electron chi connectivity index (χ4n) is 15.3. The standard InChI is InChI=1S/C46H56.2ClH.Zr/c1-43(2,3)36-17-33-9-10-44(4,41(33)20-36)42-37-7-5-34(45-21-27-11-28(22-45)13-29(12-27)23-45)18-39(37)40-19-35(6-8-38(40)42)46-24-30-14-31(25-46)16-32(15-30)26-46;;;/h5-8,18-20,27-32,42H,9-17,21-26H2,1-4H3;2*1H;/q;;;+2/p-2. The minimum Gasteiger partial charge on any atom is -1.00 e. The average Bonchev–Trinajstić information content (AvgIpc) is 3.67. The van der Waals surface area contributed by atoms with Gasteiger partial charge in [0, 0.05) is 11.3 Å². The summed E-state index contributed by atoms with van der Waals surface area (Å²) in [6, 6.07) is 16.3. The molecule has 49 heavy (non-hydrogen) atoms. The summed E-state index contributed by atoms with van der Waals surface area (Å²) in [5.41, 5.74) is 16.6. The normalized spacial score (nSPS) is 41.5. The Kier molecular flexibility index (Phi) is 8.45. The second-order valence-electron chi connectivity index (χ2n) is 20.5. The van der Waals surface area contributed by atoms with Crippen LogP contribution in [0.15, 0.2) is 59.2 Å². The van der Waals surface area contributed by atoms with E-state index in [1.165, 1.54) is 96.3 Å². The second kappa shape index (κ2) is 11.7. The third-order valence-corrected chi connectivity index (χ3v) is 16.6. The van der Waals surface area contributed by atoms with E-state index < -0.39 is 0 Å². The van der Waals surface area contributed by atoms with Crippen LogP contribution >= 0.6 is 0 Å². The fraction of sp³-hybridized carbons (Fsp3) is 0.652. The SMILES string of the molecule is CC(C)(C)C1=CC2=C(CCC2(C)C2c3ccc(C45CC6CC(CC(C6)C4)C5)cc3-c3cc(C45CC6CC(CC(C6)C4)C5)ccc32)C1.[Cl-].[Cl-].[Zr+2]. The molecule has 0 spiro atoms. The summed E-state index contributed by atoms with van der Waals surface area (Å²) in [4.78, 5) is 0. The number of fused-ring (bicyclic) bond motifs is 3. The van der Waals surface area contributed by atoms with E-state index in [0.717, 1.165) is 35.5 Å². The van der Waals surface area contributed by atoms with Crippen LogP contribution < -0.4 is 24.8 Å². The van der Waals surface area contributed by atoms with Crippen LogP contribution in [0.2, 0.25) is 0 Å². The smallest absolute Gasteiger partial charge is 1.00 e. The zero-order valence-corrected chi connectivity index (χ0v) is 34.4. The Morgan fingerprint density at radius 3 is 1.41 bits per heavy atom. The summed E-state index contributed by atoms with van der Waals surface area (Å²) in [5.74, 6) is 6.46. The summed E-state index contributed by atoms with van der Waals surface area (Å²) in [6.45, 7) is 9.95. The number of rotatable bonds is 3. The summed E-state index contributed by atoms with van der Waals surface area (Å²) in [5, 5.41) is 0. The van der Waals surface area contributed by atoms with Gasteiger partial charge in [0.1, 0.15) is 0 Å². The molecule has 8 fully saturated rings. The molecule has 0 N–H and O–H groups in total. The van der Waals surface area contributed by atoms with E-state index in [1.807, 2.05) is 0 Å². The molecule has 0 amide bonds. The van der Waals surface area contributed by atoms with Gasteiger partial charge < -0.3 is 24.8 Å². The first-order chi connectivity index (χ1) is 22.1. The molecule has 1 atom stereocenters. The summed E-state index contributed by atoms with van der Waals surface area (Å²) < 4.78 is 0. The molecule has 0 aromatic heterocycles. The van der Waals surface area contributed by atoms with Gasteiger partial charge in [-0.2, -0.15) is 0 Å². The number of hydrogen-bond donors (Lipinski definition) is 0. The molecular formula is C46H56Cl2Zr. The first-order valence-corrected chi connectivity index (χ1v) is 19.8. The van der Waals surface area contributed by atoms with Gasteiger partial charge in [-0.3, -0.25) is 0 Å². The summed E-state index contributed by atoms with van der Waals surface area (Å²) in [6.07, 6.45) is 24.5. The van der Waals surface area contributed by atoms with Crippen LogP contribution in [0, 0.1) is 46.3 Å². The molecule has 258 valence electrons. The fourth-order valence-corrected chi connectivity index (χ4v) is 15.3. The van der Waals surface area contributed by atoms with Crippen molar-refractivity contribution in [3.63, 3.8) is 0 Å². The molecule has 0 aliphatic heterocycles. The second-order valence-corrected chi connectivity index (χ2v) is 20.5. The zero-order chi connectivity index (χ0) is 30.8. The maximum absolute atomic E-state index is 2.81. The molecule has 1 unspecified atom stereocenters. The Morgan fingerprint density at radius 2 is 1.02 bits per heavy atom. The van der Waals surface area contributed by atoms with Crippen molar-refractivity contribution in [2.75, 3.05) is 0 Å². The minimum absolute atomic E-state index is 0. The molecule has 11 aliphatic rings. The zero-order valence-electron chi connectivity index (χ0n) is 30.4. The van der Waals surface area contributed by atoms with Gasteiger partial charge in [-0.05, 0) is 187 Å². The predicted molar refractivity (Wildman–Crippen MR) is 190 cm³/mol. The first-order valence-electron chi connectivity index (χ1n) is 19.8. The maximum Gasteiger partial charge on any atom is 2.00 e. The van der Waals surface area contributed by atoms with Gasteiger partial charge in [0.2, 0.25) is 0 Å². The number of hydrogen-bond acceptors (Lipinski definition) is 0. The van der Waals surface area contributed by atoms with E-state index >= 15 is 0 Å². The van der Waals surface area contributed by atoms with E-state index in [1.54, 1.807) is 50.1 Å². The Morgan fingerprint density at radius 1 is 0.612 bits per heavy atom. The van der Waals surface area contributed by atoms with Gasteiger partial charge in [0.15, 0.2) is 0 Å². The predicted octanol–water partition coefficient (Wildman–Crippen LogP) is 6.21. The van der Waals surface area contributed by atoms with E-state index in [2.05, 4.69) is 70.2 Å². The van der Waals surface area contributed by atoms with Crippen LogP contribution in [0.4, 0.5) is 0 Å². The molecule has 3 heteroatoms. The van der Waals surface area contributed by atoms with Gasteiger partial charge in [-0.1, -0.05) is 81.3 Å². The van der Waals surface area contributed by atoms with Crippen molar-refractivity contribution < 1.29 is 51.0 Å². The van der Waals surface area contributed by atoms with Crippen molar-refractivity contribution in [3.05, 3.63) is 81.4 Å². The third-order valence-electron chi connectivity index (χ3n) is 16.6. The molecule has 0 radical (unpaired) electrons. The Hall–Kier alpha value is -0.617. The molecular weight excluding hydrogens is 715 g/mol. The molecule has 8 saturated carbocycles. The van der Waals surface area contributed by atoms with Gasteiger partial charge in [-0.15, -0.1) is 0 Å². The van der Waals surface area contributed by atoms with Crippen molar-refractivity contribution in [2.24, 2.45) is 46.3 Å². The number of benzene rings is 2. The van der Waals surface area contributed by atoms with Crippen LogP contribution in [0.3, 0.4) is 0 Å². The molecule has 11 aliphatic carbocycles. The van der Waals surface area contributed by atoms with Gasteiger partial charge in [-0.25, -0.2) is 0 Å². The molecule has 13 rings (SSSR count). The van der Waals surface area contributed by atoms with Crippen molar-refractivity contribution in [2.45, 2.75) is 141 Å².